The molecule has 0 spiro atoms. The van der Waals surface area contributed by atoms with E-state index in [1.54, 1.807) is 19.0 Å². The molecule has 1 aromatic carbocycles. The van der Waals surface area contributed by atoms with Crippen molar-refractivity contribution >= 4 is 11.6 Å². The fourth-order valence-corrected chi connectivity index (χ4v) is 2.00. The van der Waals surface area contributed by atoms with Gasteiger partial charge in [0, 0.05) is 27.2 Å². The van der Waals surface area contributed by atoms with Gasteiger partial charge >= 0.3 is 0 Å². The van der Waals surface area contributed by atoms with Crippen LogP contribution in [-0.4, -0.2) is 44.5 Å². The summed E-state index contributed by atoms with van der Waals surface area (Å²) in [6.45, 7) is 6.63. The molecule has 5 heteroatoms. The molecule has 5 nitrogen and oxygen atoms in total. The van der Waals surface area contributed by atoms with E-state index in [-0.39, 0.29) is 12.5 Å². The number of hydrogen-bond acceptors (Lipinski definition) is 4. The maximum absolute atomic E-state index is 11.9. The third-order valence-corrected chi connectivity index (χ3v) is 3.31. The standard InChI is InChI=1S/C16H24N4O/c1-5-18-11-13-7-8-15(14(9-13)10-17)20(6-2)12-16(21)19(3)4/h7-9,18H,5-6,11-12H2,1-4H3. The molecule has 0 saturated carbocycles. The van der Waals surface area contributed by atoms with Crippen LogP contribution in [0, 0.1) is 11.3 Å². The Morgan fingerprint density at radius 3 is 2.57 bits per heavy atom. The largest absolute Gasteiger partial charge is 0.361 e. The molecular formula is C16H24N4O. The van der Waals surface area contributed by atoms with E-state index in [2.05, 4.69) is 11.4 Å². The van der Waals surface area contributed by atoms with Crippen molar-refractivity contribution in [1.29, 1.82) is 5.26 Å². The second-order valence-electron chi connectivity index (χ2n) is 5.05. The van der Waals surface area contributed by atoms with Crippen LogP contribution in [0.3, 0.4) is 0 Å². The molecule has 0 aromatic heterocycles. The first-order valence-electron chi connectivity index (χ1n) is 7.22. The Hall–Kier alpha value is -2.06. The molecule has 1 N–H and O–H groups in total. The number of carbonyl (C=O) groups excluding carboxylic acids is 1. The summed E-state index contributed by atoms with van der Waals surface area (Å²) in [5, 5.41) is 12.6. The highest BCUT2D eigenvalue weighted by molar-refractivity contribution is 5.81. The number of anilines is 1. The predicted molar refractivity (Wildman–Crippen MR) is 85.1 cm³/mol. The van der Waals surface area contributed by atoms with Crippen molar-refractivity contribution in [3.8, 4) is 6.07 Å². The van der Waals surface area contributed by atoms with Crippen molar-refractivity contribution in [3.63, 3.8) is 0 Å². The first-order chi connectivity index (χ1) is 10.0. The van der Waals surface area contributed by atoms with Gasteiger partial charge in [-0.2, -0.15) is 5.26 Å². The third kappa shape index (κ3) is 4.76. The number of amides is 1. The highest BCUT2D eigenvalue weighted by atomic mass is 16.2. The first-order valence-corrected chi connectivity index (χ1v) is 7.22. The van der Waals surface area contributed by atoms with Gasteiger partial charge in [-0.25, -0.2) is 0 Å². The molecule has 0 aliphatic rings. The van der Waals surface area contributed by atoms with Gasteiger partial charge in [0.05, 0.1) is 17.8 Å². The number of carbonyl (C=O) groups is 1. The average molecular weight is 288 g/mol. The molecule has 0 aliphatic heterocycles. The summed E-state index contributed by atoms with van der Waals surface area (Å²) in [6, 6.07) is 8.05. The lowest BCUT2D eigenvalue weighted by molar-refractivity contribution is -0.127. The predicted octanol–water partition coefficient (Wildman–Crippen LogP) is 1.58. The zero-order chi connectivity index (χ0) is 15.8. The molecule has 0 radical (unpaired) electrons. The Morgan fingerprint density at radius 1 is 1.33 bits per heavy atom. The summed E-state index contributed by atoms with van der Waals surface area (Å²) in [4.78, 5) is 15.4. The van der Waals surface area contributed by atoms with Crippen LogP contribution < -0.4 is 10.2 Å². The molecule has 0 unspecified atom stereocenters. The Morgan fingerprint density at radius 2 is 2.05 bits per heavy atom. The van der Waals surface area contributed by atoms with Gasteiger partial charge < -0.3 is 15.1 Å². The van der Waals surface area contributed by atoms with Crippen LogP contribution in [-0.2, 0) is 11.3 Å². The van der Waals surface area contributed by atoms with Crippen molar-refractivity contribution < 1.29 is 4.79 Å². The summed E-state index contributed by atoms with van der Waals surface area (Å²) in [5.41, 5.74) is 2.50. The topological polar surface area (TPSA) is 59.4 Å². The van der Waals surface area contributed by atoms with Crippen LogP contribution >= 0.6 is 0 Å². The van der Waals surface area contributed by atoms with Crippen molar-refractivity contribution in [2.45, 2.75) is 20.4 Å². The fourth-order valence-electron chi connectivity index (χ4n) is 2.00. The van der Waals surface area contributed by atoms with Gasteiger partial charge in [0.2, 0.25) is 5.91 Å². The second kappa shape index (κ2) is 8.28. The summed E-state index contributed by atoms with van der Waals surface area (Å²) in [6.07, 6.45) is 0. The highest BCUT2D eigenvalue weighted by Gasteiger charge is 2.15. The number of rotatable bonds is 7. The second-order valence-corrected chi connectivity index (χ2v) is 5.05. The van der Waals surface area contributed by atoms with Crippen molar-refractivity contribution in [2.24, 2.45) is 0 Å². The Bertz CT molecular complexity index is 519. The van der Waals surface area contributed by atoms with Crippen LogP contribution in [0.5, 0.6) is 0 Å². The summed E-state index contributed by atoms with van der Waals surface area (Å²) in [7, 11) is 3.47. The molecule has 0 aliphatic carbocycles. The van der Waals surface area contributed by atoms with Gasteiger partial charge in [0.1, 0.15) is 6.07 Å². The Balaban J connectivity index is 2.99. The molecule has 0 bridgehead atoms. The Labute approximate surface area is 127 Å². The highest BCUT2D eigenvalue weighted by Crippen LogP contribution is 2.21. The molecule has 0 heterocycles. The molecule has 1 amide bonds. The van der Waals surface area contributed by atoms with Gasteiger partial charge in [-0.3, -0.25) is 4.79 Å². The first kappa shape index (κ1) is 17.0. The van der Waals surface area contributed by atoms with Gasteiger partial charge in [-0.1, -0.05) is 13.0 Å². The number of hydrogen-bond donors (Lipinski definition) is 1. The van der Waals surface area contributed by atoms with E-state index < -0.39 is 0 Å². The normalized spacial score (nSPS) is 10.0. The van der Waals surface area contributed by atoms with Gasteiger partial charge in [0.25, 0.3) is 0 Å². The van der Waals surface area contributed by atoms with Crippen molar-refractivity contribution in [2.75, 3.05) is 38.6 Å². The van der Waals surface area contributed by atoms with Gasteiger partial charge in [0.15, 0.2) is 0 Å². The lowest BCUT2D eigenvalue weighted by Crippen LogP contribution is -2.37. The maximum Gasteiger partial charge on any atom is 0.241 e. The van der Waals surface area contributed by atoms with E-state index in [9.17, 15) is 10.1 Å². The van der Waals surface area contributed by atoms with E-state index in [0.29, 0.717) is 12.1 Å². The number of benzene rings is 1. The van der Waals surface area contributed by atoms with Crippen molar-refractivity contribution in [3.05, 3.63) is 29.3 Å². The average Bonchev–Trinajstić information content (AvgIpc) is 2.50. The monoisotopic (exact) mass is 288 g/mol. The summed E-state index contributed by atoms with van der Waals surface area (Å²) >= 11 is 0. The SMILES string of the molecule is CCNCc1ccc(N(CC)CC(=O)N(C)C)c(C#N)c1. The minimum absolute atomic E-state index is 0.0254. The molecule has 0 atom stereocenters. The van der Waals surface area contributed by atoms with E-state index in [1.165, 1.54) is 0 Å². The zero-order valence-corrected chi connectivity index (χ0v) is 13.3. The minimum atomic E-state index is 0.0254. The lowest BCUT2D eigenvalue weighted by Gasteiger charge is -2.25. The van der Waals surface area contributed by atoms with E-state index in [4.69, 9.17) is 0 Å². The number of likely N-dealkylation sites (N-methyl/N-ethyl adjacent to an activating group) is 2. The number of nitrogens with zero attached hydrogens (tertiary/aromatic N) is 3. The van der Waals surface area contributed by atoms with E-state index in [0.717, 1.165) is 24.3 Å². The van der Waals surface area contributed by atoms with Crippen molar-refractivity contribution in [1.82, 2.24) is 10.2 Å². The number of nitriles is 1. The number of nitrogens with one attached hydrogen (secondary N) is 1. The smallest absolute Gasteiger partial charge is 0.241 e. The summed E-state index contributed by atoms with van der Waals surface area (Å²) in [5.74, 6) is 0.0254. The minimum Gasteiger partial charge on any atom is -0.361 e. The third-order valence-electron chi connectivity index (χ3n) is 3.31. The fraction of sp³-hybridized carbons (Fsp3) is 0.500. The molecule has 0 saturated heterocycles. The molecule has 1 aromatic rings. The van der Waals surface area contributed by atoms with Gasteiger partial charge in [-0.05, 0) is 31.2 Å². The quantitative estimate of drug-likeness (QED) is 0.827. The van der Waals surface area contributed by atoms with Crippen LogP contribution in [0.2, 0.25) is 0 Å². The van der Waals surface area contributed by atoms with Crippen LogP contribution in [0.25, 0.3) is 0 Å². The molecule has 1 rings (SSSR count). The van der Waals surface area contributed by atoms with E-state index >= 15 is 0 Å². The van der Waals surface area contributed by atoms with E-state index in [1.807, 2.05) is 36.9 Å². The van der Waals surface area contributed by atoms with Crippen LogP contribution in [0.15, 0.2) is 18.2 Å². The van der Waals surface area contributed by atoms with Crippen LogP contribution in [0.4, 0.5) is 5.69 Å². The molecule has 21 heavy (non-hydrogen) atoms. The zero-order valence-electron chi connectivity index (χ0n) is 13.3. The summed E-state index contributed by atoms with van der Waals surface area (Å²) < 4.78 is 0. The van der Waals surface area contributed by atoms with Gasteiger partial charge in [-0.15, -0.1) is 0 Å². The molecule has 0 fully saturated rings. The van der Waals surface area contributed by atoms with Crippen LogP contribution in [0.1, 0.15) is 25.0 Å². The molecular weight excluding hydrogens is 264 g/mol. The maximum atomic E-state index is 11.9. The Kier molecular flexibility index (Phi) is 6.70. The molecule has 114 valence electrons. The lowest BCUT2D eigenvalue weighted by atomic mass is 10.1.